The number of hydrogen-bond donors (Lipinski definition) is 0. The zero-order valence-corrected chi connectivity index (χ0v) is 14.8. The van der Waals surface area contributed by atoms with Crippen LogP contribution in [0.2, 0.25) is 0 Å². The van der Waals surface area contributed by atoms with Crippen LogP contribution in [0.25, 0.3) is 43.8 Å². The van der Waals surface area contributed by atoms with Crippen LogP contribution in [-0.4, -0.2) is 0 Å². The Kier molecular flexibility index (Phi) is 2.48. The molecule has 1 aliphatic rings. The summed E-state index contributed by atoms with van der Waals surface area (Å²) in [5.41, 5.74) is 7.48. The fourth-order valence-corrected chi connectivity index (χ4v) is 4.70. The third kappa shape index (κ3) is 1.61. The second-order valence-corrected chi connectivity index (χ2v) is 7.83. The summed E-state index contributed by atoms with van der Waals surface area (Å²) in [7, 11) is 0. The molecular formula is C25H18O. The molecule has 0 bridgehead atoms. The highest BCUT2D eigenvalue weighted by Crippen LogP contribution is 2.50. The summed E-state index contributed by atoms with van der Waals surface area (Å²) >= 11 is 0. The maximum atomic E-state index is 6.27. The summed E-state index contributed by atoms with van der Waals surface area (Å²) in [5.74, 6) is 0. The summed E-state index contributed by atoms with van der Waals surface area (Å²) in [6.45, 7) is 4.65. The number of benzene rings is 4. The molecule has 1 heterocycles. The third-order valence-corrected chi connectivity index (χ3v) is 6.06. The first-order valence-electron chi connectivity index (χ1n) is 9.13. The monoisotopic (exact) mass is 334 g/mol. The average molecular weight is 334 g/mol. The highest BCUT2D eigenvalue weighted by molar-refractivity contribution is 6.16. The van der Waals surface area contributed by atoms with Crippen LogP contribution in [0.15, 0.2) is 77.2 Å². The molecule has 6 rings (SSSR count). The Morgan fingerprint density at radius 3 is 2.38 bits per heavy atom. The fraction of sp³-hybridized carbons (Fsp3) is 0.120. The molecule has 1 aromatic heterocycles. The van der Waals surface area contributed by atoms with Gasteiger partial charge in [-0.05, 0) is 51.9 Å². The zero-order chi connectivity index (χ0) is 17.5. The second-order valence-electron chi connectivity index (χ2n) is 7.83. The smallest absolute Gasteiger partial charge is 0.143 e. The molecule has 0 amide bonds. The molecule has 5 aromatic rings. The van der Waals surface area contributed by atoms with E-state index in [-0.39, 0.29) is 5.41 Å². The Hall–Kier alpha value is -3.06. The van der Waals surface area contributed by atoms with Gasteiger partial charge in [0.2, 0.25) is 0 Å². The molecule has 26 heavy (non-hydrogen) atoms. The first-order valence-corrected chi connectivity index (χ1v) is 9.13. The number of furan rings is 1. The number of hydrogen-bond acceptors (Lipinski definition) is 1. The molecule has 1 nitrogen and oxygen atoms in total. The largest absolute Gasteiger partial charge is 0.455 e. The quantitative estimate of drug-likeness (QED) is 0.296. The van der Waals surface area contributed by atoms with Crippen LogP contribution in [0, 0.1) is 0 Å². The van der Waals surface area contributed by atoms with Crippen molar-refractivity contribution in [2.45, 2.75) is 19.3 Å². The molecule has 0 atom stereocenters. The van der Waals surface area contributed by atoms with E-state index in [2.05, 4.69) is 74.5 Å². The van der Waals surface area contributed by atoms with Gasteiger partial charge in [-0.3, -0.25) is 0 Å². The van der Waals surface area contributed by atoms with Crippen LogP contribution in [-0.2, 0) is 5.41 Å². The predicted molar refractivity (Wildman–Crippen MR) is 109 cm³/mol. The van der Waals surface area contributed by atoms with Gasteiger partial charge in [0.25, 0.3) is 0 Å². The van der Waals surface area contributed by atoms with Crippen molar-refractivity contribution in [2.24, 2.45) is 0 Å². The molecule has 0 fully saturated rings. The average Bonchev–Trinajstić information content (AvgIpc) is 3.15. The number of para-hydroxylation sites is 1. The fourth-order valence-electron chi connectivity index (χ4n) is 4.70. The van der Waals surface area contributed by atoms with Gasteiger partial charge in [0, 0.05) is 21.6 Å². The maximum absolute atomic E-state index is 6.27. The lowest BCUT2D eigenvalue weighted by atomic mass is 9.82. The minimum atomic E-state index is 0.0307. The number of rotatable bonds is 0. The van der Waals surface area contributed by atoms with Gasteiger partial charge in [0.1, 0.15) is 11.2 Å². The van der Waals surface area contributed by atoms with Crippen LogP contribution >= 0.6 is 0 Å². The second kappa shape index (κ2) is 4.56. The molecule has 1 heteroatoms. The van der Waals surface area contributed by atoms with E-state index in [0.29, 0.717) is 0 Å². The maximum Gasteiger partial charge on any atom is 0.143 e. The summed E-state index contributed by atoms with van der Waals surface area (Å²) < 4.78 is 6.27. The molecule has 1 aliphatic carbocycles. The minimum absolute atomic E-state index is 0.0307. The normalized spacial score (nSPS) is 14.8. The van der Waals surface area contributed by atoms with Crippen molar-refractivity contribution in [3.8, 4) is 11.1 Å². The first-order chi connectivity index (χ1) is 12.6. The minimum Gasteiger partial charge on any atom is -0.455 e. The lowest BCUT2D eigenvalue weighted by molar-refractivity contribution is 0.661. The van der Waals surface area contributed by atoms with Gasteiger partial charge in [-0.15, -0.1) is 0 Å². The summed E-state index contributed by atoms with van der Waals surface area (Å²) in [6.07, 6.45) is 0. The van der Waals surface area contributed by atoms with Gasteiger partial charge in [0.05, 0.1) is 0 Å². The Morgan fingerprint density at radius 2 is 1.46 bits per heavy atom. The van der Waals surface area contributed by atoms with Gasteiger partial charge in [-0.2, -0.15) is 0 Å². The Bertz CT molecular complexity index is 1350. The Labute approximate surface area is 151 Å². The molecule has 0 unspecified atom stereocenters. The van der Waals surface area contributed by atoms with Crippen molar-refractivity contribution >= 4 is 32.7 Å². The molecular weight excluding hydrogens is 316 g/mol. The topological polar surface area (TPSA) is 13.1 Å². The number of fused-ring (bicyclic) bond motifs is 8. The molecule has 0 N–H and O–H groups in total. The predicted octanol–water partition coefficient (Wildman–Crippen LogP) is 7.05. The van der Waals surface area contributed by atoms with Crippen LogP contribution < -0.4 is 0 Å². The molecule has 0 saturated heterocycles. The van der Waals surface area contributed by atoms with E-state index < -0.39 is 0 Å². The van der Waals surface area contributed by atoms with Crippen molar-refractivity contribution in [1.82, 2.24) is 0 Å². The van der Waals surface area contributed by atoms with Crippen LogP contribution in [0.5, 0.6) is 0 Å². The van der Waals surface area contributed by atoms with Crippen molar-refractivity contribution in [1.29, 1.82) is 0 Å². The van der Waals surface area contributed by atoms with Crippen LogP contribution in [0.3, 0.4) is 0 Å². The van der Waals surface area contributed by atoms with Gasteiger partial charge in [0.15, 0.2) is 0 Å². The van der Waals surface area contributed by atoms with Crippen molar-refractivity contribution in [3.05, 3.63) is 83.9 Å². The van der Waals surface area contributed by atoms with E-state index in [1.54, 1.807) is 0 Å². The first kappa shape index (κ1) is 14.1. The summed E-state index contributed by atoms with van der Waals surface area (Å²) in [6, 6.07) is 26.2. The van der Waals surface area contributed by atoms with Gasteiger partial charge in [-0.25, -0.2) is 0 Å². The molecule has 0 saturated carbocycles. The van der Waals surface area contributed by atoms with E-state index in [1.807, 2.05) is 12.1 Å². The lowest BCUT2D eigenvalue weighted by Gasteiger charge is -2.21. The standard InChI is InChI=1S/C25H18O/c1-25(2)21-9-5-3-7-16(21)20-14-19-15(13-22(20)25)11-12-18-17-8-4-6-10-23(17)26-24(18)19/h3-14H,1-2H3. The van der Waals surface area contributed by atoms with E-state index >= 15 is 0 Å². The van der Waals surface area contributed by atoms with Gasteiger partial charge < -0.3 is 4.42 Å². The van der Waals surface area contributed by atoms with E-state index in [9.17, 15) is 0 Å². The Morgan fingerprint density at radius 1 is 0.654 bits per heavy atom. The summed E-state index contributed by atoms with van der Waals surface area (Å²) in [4.78, 5) is 0. The van der Waals surface area contributed by atoms with E-state index in [0.717, 1.165) is 11.2 Å². The molecule has 0 spiro atoms. The highest BCUT2D eigenvalue weighted by atomic mass is 16.3. The van der Waals surface area contributed by atoms with Gasteiger partial charge in [-0.1, -0.05) is 62.4 Å². The molecule has 0 radical (unpaired) electrons. The highest BCUT2D eigenvalue weighted by Gasteiger charge is 2.35. The SMILES string of the molecule is CC1(C)c2ccccc2-c2cc3c(ccc4c5ccccc5oc34)cc21. The van der Waals surface area contributed by atoms with Gasteiger partial charge >= 0.3 is 0 Å². The van der Waals surface area contributed by atoms with Crippen LogP contribution in [0.1, 0.15) is 25.0 Å². The van der Waals surface area contributed by atoms with E-state index in [4.69, 9.17) is 4.42 Å². The third-order valence-electron chi connectivity index (χ3n) is 6.06. The molecule has 0 aliphatic heterocycles. The van der Waals surface area contributed by atoms with Crippen molar-refractivity contribution in [2.75, 3.05) is 0 Å². The molecule has 4 aromatic carbocycles. The van der Waals surface area contributed by atoms with Crippen LogP contribution in [0.4, 0.5) is 0 Å². The van der Waals surface area contributed by atoms with Crippen molar-refractivity contribution in [3.63, 3.8) is 0 Å². The molecule has 124 valence electrons. The van der Waals surface area contributed by atoms with Crippen molar-refractivity contribution < 1.29 is 4.42 Å². The Balaban J connectivity index is 1.78. The summed E-state index contributed by atoms with van der Waals surface area (Å²) in [5, 5.41) is 4.82. The van der Waals surface area contributed by atoms with E-state index in [1.165, 1.54) is 43.8 Å². The lowest BCUT2D eigenvalue weighted by Crippen LogP contribution is -2.14. The zero-order valence-electron chi connectivity index (χ0n) is 14.8.